The summed E-state index contributed by atoms with van der Waals surface area (Å²) in [5.41, 5.74) is 3.14. The molecule has 2 saturated heterocycles. The Labute approximate surface area is 150 Å². The summed E-state index contributed by atoms with van der Waals surface area (Å²) in [6.07, 6.45) is 4.89. The summed E-state index contributed by atoms with van der Waals surface area (Å²) in [6, 6.07) is 6.13. The van der Waals surface area contributed by atoms with Crippen molar-refractivity contribution in [3.63, 3.8) is 0 Å². The van der Waals surface area contributed by atoms with E-state index in [4.69, 9.17) is 9.47 Å². The molecule has 0 aliphatic carbocycles. The highest BCUT2D eigenvalue weighted by atomic mass is 16.5. The fourth-order valence-corrected chi connectivity index (χ4v) is 3.62. The summed E-state index contributed by atoms with van der Waals surface area (Å²) in [5.74, 6) is 0.0321. The van der Waals surface area contributed by atoms with E-state index in [1.807, 2.05) is 26.0 Å². The molecule has 138 valence electrons. The van der Waals surface area contributed by atoms with Gasteiger partial charge in [-0.15, -0.1) is 0 Å². The summed E-state index contributed by atoms with van der Waals surface area (Å²) in [5, 5.41) is 3.07. The van der Waals surface area contributed by atoms with Crippen molar-refractivity contribution in [1.82, 2.24) is 4.90 Å². The number of carbonyl (C=O) groups is 1. The molecule has 1 aromatic carbocycles. The minimum atomic E-state index is 0.0321. The third kappa shape index (κ3) is 5.53. The zero-order chi connectivity index (χ0) is 17.6. The van der Waals surface area contributed by atoms with Crippen molar-refractivity contribution in [3.05, 3.63) is 29.3 Å². The number of amides is 1. The molecule has 1 N–H and O–H groups in total. The third-order valence-corrected chi connectivity index (χ3v) is 5.01. The molecule has 25 heavy (non-hydrogen) atoms. The van der Waals surface area contributed by atoms with E-state index in [-0.39, 0.29) is 18.1 Å². The van der Waals surface area contributed by atoms with Gasteiger partial charge < -0.3 is 14.8 Å². The van der Waals surface area contributed by atoms with Crippen LogP contribution in [0, 0.1) is 13.8 Å². The van der Waals surface area contributed by atoms with Crippen LogP contribution in [-0.2, 0) is 14.3 Å². The molecule has 0 bridgehead atoms. The van der Waals surface area contributed by atoms with Crippen molar-refractivity contribution in [2.75, 3.05) is 38.2 Å². The van der Waals surface area contributed by atoms with Crippen molar-refractivity contribution in [1.29, 1.82) is 0 Å². The van der Waals surface area contributed by atoms with E-state index in [2.05, 4.69) is 16.3 Å². The first-order valence-corrected chi connectivity index (χ1v) is 9.43. The Morgan fingerprint density at radius 2 is 1.76 bits per heavy atom. The molecular weight excluding hydrogens is 316 g/mol. The number of aryl methyl sites for hydroxylation is 2. The van der Waals surface area contributed by atoms with Gasteiger partial charge in [-0.05, 0) is 56.7 Å². The van der Waals surface area contributed by atoms with Crippen LogP contribution in [0.1, 0.15) is 36.8 Å². The number of anilines is 1. The lowest BCUT2D eigenvalue weighted by Crippen LogP contribution is -2.42. The smallest absolute Gasteiger partial charge is 0.238 e. The number of rotatable bonds is 7. The van der Waals surface area contributed by atoms with Crippen LogP contribution in [0.15, 0.2) is 18.2 Å². The standard InChI is InChI=1S/C20H30N2O3/c1-15-7-8-16(2)19(11-15)21-20(23)14-22(12-17-5-3-9-24-17)13-18-6-4-10-25-18/h7-8,11,17-18H,3-6,9-10,12-14H2,1-2H3,(H,21,23)/t17-,18-/m1/s1. The van der Waals surface area contributed by atoms with Gasteiger partial charge in [0.2, 0.25) is 5.91 Å². The van der Waals surface area contributed by atoms with E-state index in [0.29, 0.717) is 6.54 Å². The van der Waals surface area contributed by atoms with E-state index in [0.717, 1.165) is 68.8 Å². The summed E-state index contributed by atoms with van der Waals surface area (Å²) >= 11 is 0. The Kier molecular flexibility index (Phi) is 6.45. The van der Waals surface area contributed by atoms with Crippen molar-refractivity contribution < 1.29 is 14.3 Å². The average molecular weight is 346 g/mol. The van der Waals surface area contributed by atoms with Crippen LogP contribution in [0.4, 0.5) is 5.69 Å². The van der Waals surface area contributed by atoms with Gasteiger partial charge in [-0.3, -0.25) is 9.69 Å². The monoisotopic (exact) mass is 346 g/mol. The fourth-order valence-electron chi connectivity index (χ4n) is 3.62. The second kappa shape index (κ2) is 8.79. The van der Waals surface area contributed by atoms with Gasteiger partial charge in [0.25, 0.3) is 0 Å². The lowest BCUT2D eigenvalue weighted by atomic mass is 10.1. The van der Waals surface area contributed by atoms with E-state index < -0.39 is 0 Å². The van der Waals surface area contributed by atoms with Crippen molar-refractivity contribution in [2.45, 2.75) is 51.7 Å². The van der Waals surface area contributed by atoms with Crippen LogP contribution in [-0.4, -0.2) is 55.9 Å². The Morgan fingerprint density at radius 3 is 2.32 bits per heavy atom. The van der Waals surface area contributed by atoms with Gasteiger partial charge in [-0.1, -0.05) is 12.1 Å². The zero-order valence-electron chi connectivity index (χ0n) is 15.4. The first-order chi connectivity index (χ1) is 12.1. The fraction of sp³-hybridized carbons (Fsp3) is 0.650. The molecule has 2 heterocycles. The molecule has 2 aliphatic rings. The SMILES string of the molecule is Cc1ccc(C)c(NC(=O)CN(C[C@H]2CCCO2)C[C@H]2CCCO2)c1. The zero-order valence-corrected chi connectivity index (χ0v) is 15.4. The molecule has 3 rings (SSSR count). The van der Waals surface area contributed by atoms with Gasteiger partial charge in [0, 0.05) is 32.0 Å². The largest absolute Gasteiger partial charge is 0.377 e. The molecule has 2 aliphatic heterocycles. The first kappa shape index (κ1) is 18.4. The number of benzene rings is 1. The van der Waals surface area contributed by atoms with Crippen molar-refractivity contribution in [2.24, 2.45) is 0 Å². The van der Waals surface area contributed by atoms with Crippen molar-refractivity contribution in [3.8, 4) is 0 Å². The molecule has 5 nitrogen and oxygen atoms in total. The molecule has 0 saturated carbocycles. The molecule has 1 aromatic rings. The van der Waals surface area contributed by atoms with Crippen molar-refractivity contribution >= 4 is 11.6 Å². The van der Waals surface area contributed by atoms with E-state index in [1.165, 1.54) is 0 Å². The topological polar surface area (TPSA) is 50.8 Å². The highest BCUT2D eigenvalue weighted by molar-refractivity contribution is 5.93. The van der Waals surface area contributed by atoms with Gasteiger partial charge in [0.05, 0.1) is 18.8 Å². The van der Waals surface area contributed by atoms with Crippen LogP contribution in [0.3, 0.4) is 0 Å². The van der Waals surface area contributed by atoms with Crippen LogP contribution in [0.5, 0.6) is 0 Å². The van der Waals surface area contributed by atoms with E-state index in [9.17, 15) is 4.79 Å². The predicted molar refractivity (Wildman–Crippen MR) is 98.9 cm³/mol. The molecule has 2 fully saturated rings. The summed E-state index contributed by atoms with van der Waals surface area (Å²) in [6.45, 7) is 7.73. The molecule has 0 aromatic heterocycles. The summed E-state index contributed by atoms with van der Waals surface area (Å²) in [7, 11) is 0. The van der Waals surface area contributed by atoms with Crippen LogP contribution in [0.25, 0.3) is 0 Å². The maximum atomic E-state index is 12.6. The van der Waals surface area contributed by atoms with Gasteiger partial charge in [-0.25, -0.2) is 0 Å². The normalized spacial score (nSPS) is 23.3. The lowest BCUT2D eigenvalue weighted by molar-refractivity contribution is -0.118. The Balaban J connectivity index is 1.58. The number of carbonyl (C=O) groups excluding carboxylic acids is 1. The minimum absolute atomic E-state index is 0.0321. The molecule has 2 atom stereocenters. The van der Waals surface area contributed by atoms with Gasteiger partial charge in [0.1, 0.15) is 0 Å². The molecule has 0 radical (unpaired) electrons. The molecule has 0 unspecified atom stereocenters. The highest BCUT2D eigenvalue weighted by Crippen LogP contribution is 2.19. The van der Waals surface area contributed by atoms with Gasteiger partial charge in [0.15, 0.2) is 0 Å². The van der Waals surface area contributed by atoms with Crippen LogP contribution < -0.4 is 5.32 Å². The summed E-state index contributed by atoms with van der Waals surface area (Å²) in [4.78, 5) is 14.8. The molecular formula is C20H30N2O3. The van der Waals surface area contributed by atoms with Gasteiger partial charge >= 0.3 is 0 Å². The number of nitrogens with one attached hydrogen (secondary N) is 1. The third-order valence-electron chi connectivity index (χ3n) is 5.01. The van der Waals surface area contributed by atoms with E-state index in [1.54, 1.807) is 0 Å². The average Bonchev–Trinajstić information content (AvgIpc) is 3.25. The number of nitrogens with zero attached hydrogens (tertiary/aromatic N) is 1. The van der Waals surface area contributed by atoms with E-state index >= 15 is 0 Å². The van der Waals surface area contributed by atoms with Crippen LogP contribution in [0.2, 0.25) is 0 Å². The second-order valence-corrected chi connectivity index (χ2v) is 7.33. The van der Waals surface area contributed by atoms with Gasteiger partial charge in [-0.2, -0.15) is 0 Å². The predicted octanol–water partition coefficient (Wildman–Crippen LogP) is 2.90. The Morgan fingerprint density at radius 1 is 1.12 bits per heavy atom. The quantitative estimate of drug-likeness (QED) is 0.825. The lowest BCUT2D eigenvalue weighted by Gasteiger charge is -2.27. The molecule has 0 spiro atoms. The minimum Gasteiger partial charge on any atom is -0.377 e. The first-order valence-electron chi connectivity index (χ1n) is 9.43. The van der Waals surface area contributed by atoms with Crippen LogP contribution >= 0.6 is 0 Å². The highest BCUT2D eigenvalue weighted by Gasteiger charge is 2.25. The number of hydrogen-bond donors (Lipinski definition) is 1. The summed E-state index contributed by atoms with van der Waals surface area (Å²) < 4.78 is 11.5. The Hall–Kier alpha value is -1.43. The number of ether oxygens (including phenoxy) is 2. The maximum absolute atomic E-state index is 12.6. The maximum Gasteiger partial charge on any atom is 0.238 e. The Bertz CT molecular complexity index is 560. The second-order valence-electron chi connectivity index (χ2n) is 7.33. The molecule has 5 heteroatoms. The number of hydrogen-bond acceptors (Lipinski definition) is 4. The molecule has 1 amide bonds.